The predicted octanol–water partition coefficient (Wildman–Crippen LogP) is 3.16. The predicted molar refractivity (Wildman–Crippen MR) is 68.5 cm³/mol. The molecule has 0 aliphatic carbocycles. The Hall–Kier alpha value is -0.273. The van der Waals surface area contributed by atoms with Crippen molar-refractivity contribution >= 4 is 25.6 Å². The fourth-order valence-electron chi connectivity index (χ4n) is 1.89. The molecular formula is C12H19ClSi. The summed E-state index contributed by atoms with van der Waals surface area (Å²) < 4.78 is 0. The number of halogens is 1. The van der Waals surface area contributed by atoms with Gasteiger partial charge in [-0.25, -0.2) is 0 Å². The molecule has 1 unspecified atom stereocenters. The van der Waals surface area contributed by atoms with E-state index in [4.69, 9.17) is 11.6 Å². The van der Waals surface area contributed by atoms with Crippen LogP contribution in [0.4, 0.5) is 0 Å². The molecule has 0 saturated carbocycles. The summed E-state index contributed by atoms with van der Waals surface area (Å²) in [7, 11) is -0.912. The van der Waals surface area contributed by atoms with Gasteiger partial charge in [-0.15, -0.1) is 11.6 Å². The molecule has 0 amide bonds. The first-order valence-electron chi connectivity index (χ1n) is 5.16. The minimum absolute atomic E-state index is 0.427. The van der Waals surface area contributed by atoms with Gasteiger partial charge in [0.25, 0.3) is 0 Å². The SMILES string of the molecule is CC(C)(C)[SiH](CCCl)c1ccccc1. The third-order valence-corrected chi connectivity index (χ3v) is 7.38. The molecule has 0 N–H and O–H groups in total. The second-order valence-electron chi connectivity index (χ2n) is 4.81. The van der Waals surface area contributed by atoms with E-state index in [1.165, 1.54) is 6.04 Å². The fraction of sp³-hybridized carbons (Fsp3) is 0.500. The van der Waals surface area contributed by atoms with Crippen molar-refractivity contribution in [2.24, 2.45) is 0 Å². The van der Waals surface area contributed by atoms with E-state index < -0.39 is 8.80 Å². The molecule has 0 aliphatic heterocycles. The summed E-state index contributed by atoms with van der Waals surface area (Å²) in [4.78, 5) is 0. The first-order chi connectivity index (χ1) is 6.55. The van der Waals surface area contributed by atoms with Gasteiger partial charge in [0.15, 0.2) is 0 Å². The lowest BCUT2D eigenvalue weighted by molar-refractivity contribution is 0.740. The van der Waals surface area contributed by atoms with Crippen LogP contribution in [0.1, 0.15) is 20.8 Å². The smallest absolute Gasteiger partial charge is 0.0772 e. The topological polar surface area (TPSA) is 0 Å². The van der Waals surface area contributed by atoms with Crippen LogP contribution in [-0.2, 0) is 0 Å². The van der Waals surface area contributed by atoms with Gasteiger partial charge in [-0.05, 0) is 11.1 Å². The second-order valence-corrected chi connectivity index (χ2v) is 9.27. The molecule has 0 saturated heterocycles. The number of hydrogen-bond acceptors (Lipinski definition) is 0. The maximum Gasteiger partial charge on any atom is 0.0772 e. The van der Waals surface area contributed by atoms with Crippen molar-refractivity contribution < 1.29 is 0 Å². The van der Waals surface area contributed by atoms with Crippen LogP contribution in [0.15, 0.2) is 30.3 Å². The van der Waals surface area contributed by atoms with Crippen molar-refractivity contribution in [2.45, 2.75) is 31.9 Å². The largest absolute Gasteiger partial charge is 0.127 e. The highest BCUT2D eigenvalue weighted by Gasteiger charge is 2.26. The lowest BCUT2D eigenvalue weighted by Gasteiger charge is -2.29. The average molecular weight is 227 g/mol. The average Bonchev–Trinajstić information content (AvgIpc) is 2.14. The van der Waals surface area contributed by atoms with Gasteiger partial charge in [-0.3, -0.25) is 0 Å². The summed E-state index contributed by atoms with van der Waals surface area (Å²) in [5.74, 6) is 0.795. The van der Waals surface area contributed by atoms with Gasteiger partial charge in [0.1, 0.15) is 0 Å². The Bertz CT molecular complexity index is 263. The van der Waals surface area contributed by atoms with E-state index in [2.05, 4.69) is 51.1 Å². The number of benzene rings is 1. The van der Waals surface area contributed by atoms with Crippen molar-refractivity contribution in [2.75, 3.05) is 5.88 Å². The molecule has 1 atom stereocenters. The van der Waals surface area contributed by atoms with Crippen LogP contribution in [0.3, 0.4) is 0 Å². The van der Waals surface area contributed by atoms with Crippen LogP contribution in [-0.4, -0.2) is 14.7 Å². The molecular weight excluding hydrogens is 208 g/mol. The Morgan fingerprint density at radius 3 is 2.14 bits per heavy atom. The van der Waals surface area contributed by atoms with Crippen molar-refractivity contribution in [3.63, 3.8) is 0 Å². The summed E-state index contributed by atoms with van der Waals surface area (Å²) in [6, 6.07) is 12.1. The molecule has 1 aromatic rings. The Balaban J connectivity index is 2.89. The summed E-state index contributed by atoms with van der Waals surface area (Å²) in [6.45, 7) is 7.01. The van der Waals surface area contributed by atoms with Crippen LogP contribution in [0.5, 0.6) is 0 Å². The molecule has 0 nitrogen and oxygen atoms in total. The molecule has 2 heteroatoms. The Morgan fingerprint density at radius 1 is 1.14 bits per heavy atom. The van der Waals surface area contributed by atoms with Gasteiger partial charge < -0.3 is 0 Å². The van der Waals surface area contributed by atoms with Crippen LogP contribution in [0.2, 0.25) is 11.1 Å². The van der Waals surface area contributed by atoms with Crippen molar-refractivity contribution in [3.05, 3.63) is 30.3 Å². The molecule has 0 aromatic heterocycles. The van der Waals surface area contributed by atoms with E-state index in [9.17, 15) is 0 Å². The lowest BCUT2D eigenvalue weighted by Crippen LogP contribution is -2.38. The molecule has 0 aliphatic rings. The normalized spacial score (nSPS) is 14.0. The monoisotopic (exact) mass is 226 g/mol. The third-order valence-electron chi connectivity index (χ3n) is 2.65. The first-order valence-corrected chi connectivity index (χ1v) is 7.67. The van der Waals surface area contributed by atoms with Gasteiger partial charge in [-0.2, -0.15) is 0 Å². The van der Waals surface area contributed by atoms with Gasteiger partial charge >= 0.3 is 0 Å². The molecule has 14 heavy (non-hydrogen) atoms. The molecule has 1 aromatic carbocycles. The summed E-state index contributed by atoms with van der Waals surface area (Å²) >= 11 is 5.89. The number of rotatable bonds is 3. The van der Waals surface area contributed by atoms with Gasteiger partial charge in [-0.1, -0.05) is 56.3 Å². The molecule has 78 valence electrons. The molecule has 1 rings (SSSR count). The Morgan fingerprint density at radius 2 is 1.71 bits per heavy atom. The maximum atomic E-state index is 5.89. The van der Waals surface area contributed by atoms with E-state index >= 15 is 0 Å². The van der Waals surface area contributed by atoms with E-state index in [0.717, 1.165) is 5.88 Å². The quantitative estimate of drug-likeness (QED) is 0.549. The van der Waals surface area contributed by atoms with E-state index in [-0.39, 0.29) is 0 Å². The van der Waals surface area contributed by atoms with E-state index in [0.29, 0.717) is 5.04 Å². The molecule has 0 heterocycles. The Kier molecular flexibility index (Phi) is 4.21. The zero-order chi connectivity index (χ0) is 10.6. The van der Waals surface area contributed by atoms with Crippen molar-refractivity contribution in [1.82, 2.24) is 0 Å². The zero-order valence-electron chi connectivity index (χ0n) is 9.26. The summed E-state index contributed by atoms with van der Waals surface area (Å²) in [5, 5.41) is 1.97. The van der Waals surface area contributed by atoms with Crippen LogP contribution >= 0.6 is 11.6 Å². The Labute approximate surface area is 93.9 Å². The summed E-state index contributed by atoms with van der Waals surface area (Å²) in [6.07, 6.45) is 0. The highest BCUT2D eigenvalue weighted by Crippen LogP contribution is 2.29. The minimum Gasteiger partial charge on any atom is -0.127 e. The highest BCUT2D eigenvalue weighted by atomic mass is 35.5. The van der Waals surface area contributed by atoms with Gasteiger partial charge in [0.05, 0.1) is 8.80 Å². The molecule has 0 fully saturated rings. The van der Waals surface area contributed by atoms with Crippen LogP contribution in [0, 0.1) is 0 Å². The number of alkyl halides is 1. The number of hydrogen-bond donors (Lipinski definition) is 0. The minimum atomic E-state index is -0.912. The van der Waals surface area contributed by atoms with E-state index in [1.54, 1.807) is 5.19 Å². The molecule has 0 radical (unpaired) electrons. The third kappa shape index (κ3) is 3.14. The van der Waals surface area contributed by atoms with Crippen molar-refractivity contribution in [3.8, 4) is 0 Å². The van der Waals surface area contributed by atoms with Crippen LogP contribution in [0.25, 0.3) is 0 Å². The second kappa shape index (κ2) is 4.99. The first kappa shape index (κ1) is 11.8. The maximum absolute atomic E-state index is 5.89. The summed E-state index contributed by atoms with van der Waals surface area (Å²) in [5.41, 5.74) is 0. The fourth-order valence-corrected chi connectivity index (χ4v) is 5.65. The van der Waals surface area contributed by atoms with Gasteiger partial charge in [0.2, 0.25) is 0 Å². The molecule has 0 bridgehead atoms. The zero-order valence-corrected chi connectivity index (χ0v) is 11.2. The molecule has 0 spiro atoms. The lowest BCUT2D eigenvalue weighted by atomic mass is 10.2. The standard InChI is InChI=1S/C12H19ClSi/c1-12(2,3)14(10-9-13)11-7-5-4-6-8-11/h4-8,14H,9-10H2,1-3H3. The van der Waals surface area contributed by atoms with Gasteiger partial charge in [0, 0.05) is 5.88 Å². The highest BCUT2D eigenvalue weighted by molar-refractivity contribution is 6.76. The van der Waals surface area contributed by atoms with E-state index in [1.807, 2.05) is 0 Å². The van der Waals surface area contributed by atoms with Crippen molar-refractivity contribution in [1.29, 1.82) is 0 Å². The van der Waals surface area contributed by atoms with Crippen LogP contribution < -0.4 is 5.19 Å².